The number of hydrogen-bond donors (Lipinski definition) is 2. The highest BCUT2D eigenvalue weighted by molar-refractivity contribution is 5.44. The Morgan fingerprint density at radius 2 is 1.59 bits per heavy atom. The van der Waals surface area contributed by atoms with Gasteiger partial charge in [0.2, 0.25) is 0 Å². The highest BCUT2D eigenvalue weighted by Crippen LogP contribution is 2.28. The van der Waals surface area contributed by atoms with Crippen LogP contribution in [0.25, 0.3) is 0 Å². The molecule has 0 bridgehead atoms. The Morgan fingerprint density at radius 1 is 0.862 bits per heavy atom. The molecule has 0 unspecified atom stereocenters. The van der Waals surface area contributed by atoms with Crippen molar-refractivity contribution < 1.29 is 10.2 Å². The molecular weight excluding hydrogens is 362 g/mol. The Kier molecular flexibility index (Phi) is 5.46. The van der Waals surface area contributed by atoms with Gasteiger partial charge in [0, 0.05) is 25.1 Å². The Bertz CT molecular complexity index is 998. The van der Waals surface area contributed by atoms with Crippen LogP contribution in [-0.4, -0.2) is 39.1 Å². The highest BCUT2D eigenvalue weighted by Gasteiger charge is 2.32. The van der Waals surface area contributed by atoms with Gasteiger partial charge >= 0.3 is 0 Å². The van der Waals surface area contributed by atoms with Crippen LogP contribution in [0.5, 0.6) is 5.75 Å². The lowest BCUT2D eigenvalue weighted by molar-refractivity contribution is 0.0164. The third-order valence-corrected chi connectivity index (χ3v) is 5.25. The van der Waals surface area contributed by atoms with Crippen LogP contribution in [0, 0.1) is 11.8 Å². The van der Waals surface area contributed by atoms with Gasteiger partial charge in [-0.25, -0.2) is 0 Å². The maximum absolute atomic E-state index is 10.9. The smallest absolute Gasteiger partial charge is 0.151 e. The van der Waals surface area contributed by atoms with E-state index in [0.29, 0.717) is 25.0 Å². The fraction of sp³-hybridized carbons (Fsp3) is 0.250. The summed E-state index contributed by atoms with van der Waals surface area (Å²) in [5.41, 5.74) is 1.91. The zero-order valence-electron chi connectivity index (χ0n) is 16.1. The van der Waals surface area contributed by atoms with Crippen molar-refractivity contribution in [3.05, 3.63) is 83.6 Å². The molecular formula is C24H23N3O2. The molecule has 2 N–H and O–H groups in total. The molecule has 5 heteroatoms. The summed E-state index contributed by atoms with van der Waals surface area (Å²) in [6, 6.07) is 20.7. The summed E-state index contributed by atoms with van der Waals surface area (Å²) in [6.45, 7) is 1.49. The molecule has 4 rings (SSSR count). The number of aromatic nitrogens is 2. The first-order valence-corrected chi connectivity index (χ1v) is 9.76. The first kappa shape index (κ1) is 19.0. The van der Waals surface area contributed by atoms with Gasteiger partial charge in [-0.05, 0) is 60.7 Å². The fourth-order valence-electron chi connectivity index (χ4n) is 3.55. The molecule has 1 aliphatic heterocycles. The van der Waals surface area contributed by atoms with E-state index >= 15 is 0 Å². The first-order valence-electron chi connectivity index (χ1n) is 9.76. The Balaban J connectivity index is 1.36. The van der Waals surface area contributed by atoms with Crippen molar-refractivity contribution in [1.29, 1.82) is 0 Å². The summed E-state index contributed by atoms with van der Waals surface area (Å²) < 4.78 is 0. The SMILES string of the molecule is Oc1ccc(C#Cc2ccc(N3CCC(O)(Cc4ccccc4)CC3)nn2)cc1. The van der Waals surface area contributed by atoms with Crippen molar-refractivity contribution in [3.63, 3.8) is 0 Å². The van der Waals surface area contributed by atoms with Gasteiger partial charge in [0.15, 0.2) is 5.82 Å². The molecule has 146 valence electrons. The van der Waals surface area contributed by atoms with Crippen molar-refractivity contribution in [3.8, 4) is 17.6 Å². The van der Waals surface area contributed by atoms with E-state index in [2.05, 4.69) is 39.1 Å². The Labute approximate surface area is 170 Å². The minimum Gasteiger partial charge on any atom is -0.508 e. The maximum atomic E-state index is 10.9. The highest BCUT2D eigenvalue weighted by atomic mass is 16.3. The van der Waals surface area contributed by atoms with Crippen LogP contribution in [0.15, 0.2) is 66.7 Å². The second-order valence-electron chi connectivity index (χ2n) is 7.45. The normalized spacial score (nSPS) is 15.4. The molecule has 0 atom stereocenters. The monoisotopic (exact) mass is 385 g/mol. The van der Waals surface area contributed by atoms with Crippen LogP contribution in [0.3, 0.4) is 0 Å². The van der Waals surface area contributed by atoms with E-state index < -0.39 is 5.60 Å². The molecule has 2 aromatic carbocycles. The number of piperidine rings is 1. The first-order chi connectivity index (χ1) is 14.1. The van der Waals surface area contributed by atoms with Crippen LogP contribution in [0.4, 0.5) is 5.82 Å². The lowest BCUT2D eigenvalue weighted by Gasteiger charge is -2.38. The number of hydrogen-bond acceptors (Lipinski definition) is 5. The van der Waals surface area contributed by atoms with Crippen molar-refractivity contribution in [1.82, 2.24) is 10.2 Å². The third-order valence-electron chi connectivity index (χ3n) is 5.25. The van der Waals surface area contributed by atoms with Crippen LogP contribution in [0.2, 0.25) is 0 Å². The molecule has 0 radical (unpaired) electrons. The number of aromatic hydroxyl groups is 1. The molecule has 5 nitrogen and oxygen atoms in total. The predicted molar refractivity (Wildman–Crippen MR) is 113 cm³/mol. The second kappa shape index (κ2) is 8.34. The molecule has 1 fully saturated rings. The predicted octanol–water partition coefficient (Wildman–Crippen LogP) is 3.16. The minimum atomic E-state index is -0.666. The standard InChI is InChI=1S/C24H23N3O2/c28-22-11-7-19(8-12-22)6-9-21-10-13-23(26-25-21)27-16-14-24(29,15-17-27)18-20-4-2-1-3-5-20/h1-5,7-8,10-13,28-29H,14-18H2. The molecule has 2 heterocycles. The van der Waals surface area contributed by atoms with Crippen molar-refractivity contribution >= 4 is 5.82 Å². The van der Waals surface area contributed by atoms with Gasteiger partial charge < -0.3 is 15.1 Å². The van der Waals surface area contributed by atoms with Crippen LogP contribution in [-0.2, 0) is 6.42 Å². The van der Waals surface area contributed by atoms with Gasteiger partial charge in [0.25, 0.3) is 0 Å². The van der Waals surface area contributed by atoms with E-state index in [0.717, 1.165) is 24.5 Å². The van der Waals surface area contributed by atoms with Gasteiger partial charge in [-0.3, -0.25) is 0 Å². The van der Waals surface area contributed by atoms with Gasteiger partial charge in [0.1, 0.15) is 11.4 Å². The number of nitrogens with zero attached hydrogens (tertiary/aromatic N) is 3. The van der Waals surface area contributed by atoms with Gasteiger partial charge in [-0.2, -0.15) is 0 Å². The van der Waals surface area contributed by atoms with Crippen LogP contribution >= 0.6 is 0 Å². The average Bonchev–Trinajstić information content (AvgIpc) is 2.75. The number of rotatable bonds is 3. The molecule has 1 saturated heterocycles. The molecule has 1 aliphatic rings. The summed E-state index contributed by atoms with van der Waals surface area (Å²) in [5, 5.41) is 28.8. The Morgan fingerprint density at radius 3 is 2.24 bits per heavy atom. The number of anilines is 1. The Hall–Kier alpha value is -3.36. The molecule has 0 saturated carbocycles. The maximum Gasteiger partial charge on any atom is 0.151 e. The minimum absolute atomic E-state index is 0.219. The van der Waals surface area contributed by atoms with E-state index in [-0.39, 0.29) is 5.75 Å². The van der Waals surface area contributed by atoms with E-state index in [1.165, 1.54) is 5.56 Å². The van der Waals surface area contributed by atoms with E-state index in [1.807, 2.05) is 30.3 Å². The summed E-state index contributed by atoms with van der Waals surface area (Å²) in [4.78, 5) is 2.16. The number of benzene rings is 2. The number of aliphatic hydroxyl groups is 1. The average molecular weight is 385 g/mol. The van der Waals surface area contributed by atoms with Crippen LogP contribution in [0.1, 0.15) is 29.7 Å². The van der Waals surface area contributed by atoms with Gasteiger partial charge in [-0.15, -0.1) is 10.2 Å². The molecule has 1 aromatic heterocycles. The van der Waals surface area contributed by atoms with E-state index in [4.69, 9.17) is 0 Å². The zero-order valence-corrected chi connectivity index (χ0v) is 16.1. The third kappa shape index (κ3) is 4.92. The molecule has 0 aliphatic carbocycles. The molecule has 0 amide bonds. The lowest BCUT2D eigenvalue weighted by atomic mass is 9.85. The van der Waals surface area contributed by atoms with Crippen molar-refractivity contribution in [2.75, 3.05) is 18.0 Å². The molecule has 3 aromatic rings. The summed E-state index contributed by atoms with van der Waals surface area (Å²) >= 11 is 0. The summed E-state index contributed by atoms with van der Waals surface area (Å²) in [6.07, 6.45) is 2.08. The lowest BCUT2D eigenvalue weighted by Crippen LogP contribution is -2.46. The number of phenols is 1. The van der Waals surface area contributed by atoms with E-state index in [1.54, 1.807) is 24.3 Å². The number of phenolic OH excluding ortho intramolecular Hbond substituents is 1. The largest absolute Gasteiger partial charge is 0.508 e. The van der Waals surface area contributed by atoms with Gasteiger partial charge in [-0.1, -0.05) is 36.3 Å². The van der Waals surface area contributed by atoms with Gasteiger partial charge in [0.05, 0.1) is 5.60 Å². The second-order valence-corrected chi connectivity index (χ2v) is 7.45. The van der Waals surface area contributed by atoms with Crippen molar-refractivity contribution in [2.24, 2.45) is 0 Å². The summed E-state index contributed by atoms with van der Waals surface area (Å²) in [7, 11) is 0. The fourth-order valence-corrected chi connectivity index (χ4v) is 3.55. The zero-order chi connectivity index (χ0) is 20.1. The molecule has 0 spiro atoms. The summed E-state index contributed by atoms with van der Waals surface area (Å²) in [5.74, 6) is 7.02. The topological polar surface area (TPSA) is 69.5 Å². The quantitative estimate of drug-likeness (QED) is 0.678. The van der Waals surface area contributed by atoms with E-state index in [9.17, 15) is 10.2 Å². The van der Waals surface area contributed by atoms with Crippen molar-refractivity contribution in [2.45, 2.75) is 24.9 Å². The molecule has 29 heavy (non-hydrogen) atoms. The van der Waals surface area contributed by atoms with Crippen LogP contribution < -0.4 is 4.90 Å².